The van der Waals surface area contributed by atoms with E-state index in [-0.39, 0.29) is 0 Å². The van der Waals surface area contributed by atoms with Gasteiger partial charge in [0.1, 0.15) is 17.0 Å². The highest BCUT2D eigenvalue weighted by Crippen LogP contribution is 2.35. The van der Waals surface area contributed by atoms with Crippen LogP contribution in [0.4, 0.5) is 5.82 Å². The normalized spacial score (nSPS) is 15.4. The van der Waals surface area contributed by atoms with Crippen LogP contribution in [0.5, 0.6) is 0 Å². The summed E-state index contributed by atoms with van der Waals surface area (Å²) in [5, 5.41) is 7.84. The molecule has 1 N–H and O–H groups in total. The maximum absolute atomic E-state index is 5.68. The highest BCUT2D eigenvalue weighted by Gasteiger charge is 2.23. The van der Waals surface area contributed by atoms with E-state index in [9.17, 15) is 0 Å². The molecule has 0 amide bonds. The van der Waals surface area contributed by atoms with Crippen molar-refractivity contribution in [2.75, 3.05) is 5.32 Å². The molecule has 1 aliphatic carbocycles. The summed E-state index contributed by atoms with van der Waals surface area (Å²) in [5.74, 6) is 2.41. The molecule has 136 valence electrons. The van der Waals surface area contributed by atoms with Crippen LogP contribution in [0.1, 0.15) is 49.6 Å². The number of nitrogens with one attached hydrogen (secondary N) is 1. The van der Waals surface area contributed by atoms with E-state index in [1.807, 2.05) is 6.92 Å². The van der Waals surface area contributed by atoms with Crippen LogP contribution in [-0.4, -0.2) is 21.2 Å². The second kappa shape index (κ2) is 6.71. The molecule has 2 heterocycles. The Morgan fingerprint density at radius 3 is 2.73 bits per heavy atom. The van der Waals surface area contributed by atoms with Crippen LogP contribution in [0, 0.1) is 26.7 Å². The van der Waals surface area contributed by atoms with Crippen molar-refractivity contribution in [2.24, 2.45) is 5.92 Å². The zero-order valence-corrected chi connectivity index (χ0v) is 16.0. The van der Waals surface area contributed by atoms with Crippen molar-refractivity contribution >= 4 is 16.9 Å². The number of fused-ring (bicyclic) bond motifs is 1. The fourth-order valence-electron chi connectivity index (χ4n) is 3.50. The van der Waals surface area contributed by atoms with Gasteiger partial charge in [0.15, 0.2) is 5.82 Å². The van der Waals surface area contributed by atoms with Crippen LogP contribution in [0.25, 0.3) is 22.4 Å². The molecule has 2 aromatic heterocycles. The minimum absolute atomic E-state index is 0.350. The summed E-state index contributed by atoms with van der Waals surface area (Å²) in [5.41, 5.74) is 5.67. The largest absolute Gasteiger partial charge is 0.364 e. The van der Waals surface area contributed by atoms with Crippen LogP contribution < -0.4 is 5.32 Å². The molecule has 0 saturated heterocycles. The third-order valence-electron chi connectivity index (χ3n) is 5.15. The maximum atomic E-state index is 5.68. The lowest BCUT2D eigenvalue weighted by molar-refractivity contribution is 0.458. The molecule has 3 aromatic rings. The predicted octanol–water partition coefficient (Wildman–Crippen LogP) is 5.20. The number of nitrogens with zero attached hydrogens (tertiary/aromatic N) is 3. The summed E-state index contributed by atoms with van der Waals surface area (Å²) in [7, 11) is 0. The van der Waals surface area contributed by atoms with Gasteiger partial charge in [-0.1, -0.05) is 41.8 Å². The van der Waals surface area contributed by atoms with Crippen molar-refractivity contribution in [1.29, 1.82) is 0 Å². The Morgan fingerprint density at radius 2 is 2.00 bits per heavy atom. The topological polar surface area (TPSA) is 63.8 Å². The van der Waals surface area contributed by atoms with Crippen molar-refractivity contribution in [3.8, 4) is 11.3 Å². The number of aryl methyl sites for hydroxylation is 3. The molecule has 4 rings (SSSR count). The molecule has 1 unspecified atom stereocenters. The minimum atomic E-state index is 0.350. The molecule has 1 atom stereocenters. The number of hydrogen-bond donors (Lipinski definition) is 1. The number of anilines is 1. The molecule has 1 saturated carbocycles. The van der Waals surface area contributed by atoms with E-state index in [2.05, 4.69) is 59.4 Å². The van der Waals surface area contributed by atoms with Gasteiger partial charge < -0.3 is 9.84 Å². The van der Waals surface area contributed by atoms with Gasteiger partial charge in [-0.05, 0) is 52.0 Å². The van der Waals surface area contributed by atoms with Gasteiger partial charge in [-0.2, -0.15) is 0 Å². The summed E-state index contributed by atoms with van der Waals surface area (Å²) >= 11 is 0. The summed E-state index contributed by atoms with van der Waals surface area (Å²) in [6.45, 7) is 8.30. The Labute approximate surface area is 154 Å². The molecule has 0 spiro atoms. The van der Waals surface area contributed by atoms with Gasteiger partial charge in [-0.15, -0.1) is 0 Å². The lowest BCUT2D eigenvalue weighted by Gasteiger charge is -2.14. The average molecular weight is 350 g/mol. The fraction of sp³-hybridized carbons (Fsp3) is 0.476. The molecule has 0 bridgehead atoms. The highest BCUT2D eigenvalue weighted by molar-refractivity contribution is 5.94. The van der Waals surface area contributed by atoms with Crippen LogP contribution in [-0.2, 0) is 0 Å². The molecule has 0 radical (unpaired) electrons. The van der Waals surface area contributed by atoms with Crippen LogP contribution in [0.15, 0.2) is 22.7 Å². The van der Waals surface area contributed by atoms with E-state index >= 15 is 0 Å². The van der Waals surface area contributed by atoms with Gasteiger partial charge in [0.2, 0.25) is 5.58 Å². The van der Waals surface area contributed by atoms with Gasteiger partial charge in [0.05, 0.1) is 0 Å². The standard InChI is InChI=1S/C21H26N4O/c1-12-5-10-17(13(2)11-12)18-19-20(26-25-18)21(24-15(4)23-19)22-14(3)6-7-16-8-9-16/h5,10-11,14,16H,6-9H2,1-4H3,(H,22,23,24). The second-order valence-corrected chi connectivity index (χ2v) is 7.71. The lowest BCUT2D eigenvalue weighted by Crippen LogP contribution is -2.16. The smallest absolute Gasteiger partial charge is 0.228 e. The third kappa shape index (κ3) is 3.43. The van der Waals surface area contributed by atoms with Crippen LogP contribution in [0.2, 0.25) is 0 Å². The fourth-order valence-corrected chi connectivity index (χ4v) is 3.50. The predicted molar refractivity (Wildman–Crippen MR) is 104 cm³/mol. The molecule has 1 aliphatic rings. The summed E-state index contributed by atoms with van der Waals surface area (Å²) in [6, 6.07) is 6.69. The first kappa shape index (κ1) is 17.0. The Morgan fingerprint density at radius 1 is 1.19 bits per heavy atom. The van der Waals surface area contributed by atoms with Crippen molar-refractivity contribution in [3.05, 3.63) is 35.2 Å². The van der Waals surface area contributed by atoms with E-state index in [1.54, 1.807) is 0 Å². The average Bonchev–Trinajstić information content (AvgIpc) is 3.32. The van der Waals surface area contributed by atoms with Crippen molar-refractivity contribution in [1.82, 2.24) is 15.1 Å². The van der Waals surface area contributed by atoms with E-state index in [4.69, 9.17) is 4.52 Å². The van der Waals surface area contributed by atoms with E-state index in [0.29, 0.717) is 11.6 Å². The molecule has 1 aromatic carbocycles. The van der Waals surface area contributed by atoms with Gasteiger partial charge in [-0.3, -0.25) is 0 Å². The zero-order valence-electron chi connectivity index (χ0n) is 16.0. The van der Waals surface area contributed by atoms with Crippen molar-refractivity contribution in [3.63, 3.8) is 0 Å². The van der Waals surface area contributed by atoms with Crippen molar-refractivity contribution < 1.29 is 4.52 Å². The van der Waals surface area contributed by atoms with E-state index in [0.717, 1.165) is 40.8 Å². The highest BCUT2D eigenvalue weighted by atomic mass is 16.5. The molecule has 5 heteroatoms. The molecular formula is C21H26N4O. The molecule has 1 fully saturated rings. The van der Waals surface area contributed by atoms with Gasteiger partial charge in [-0.25, -0.2) is 9.97 Å². The minimum Gasteiger partial charge on any atom is -0.364 e. The Balaban J connectivity index is 1.68. The number of rotatable bonds is 6. The first-order valence-electron chi connectivity index (χ1n) is 9.49. The number of hydrogen-bond acceptors (Lipinski definition) is 5. The monoisotopic (exact) mass is 350 g/mol. The quantitative estimate of drug-likeness (QED) is 0.662. The molecular weight excluding hydrogens is 324 g/mol. The van der Waals surface area contributed by atoms with Crippen molar-refractivity contribution in [2.45, 2.75) is 59.4 Å². The summed E-state index contributed by atoms with van der Waals surface area (Å²) < 4.78 is 5.68. The van der Waals surface area contributed by atoms with E-state index < -0.39 is 0 Å². The van der Waals surface area contributed by atoms with Gasteiger partial charge >= 0.3 is 0 Å². The first-order valence-corrected chi connectivity index (χ1v) is 9.49. The zero-order chi connectivity index (χ0) is 18.3. The maximum Gasteiger partial charge on any atom is 0.228 e. The molecule has 26 heavy (non-hydrogen) atoms. The van der Waals surface area contributed by atoms with Crippen LogP contribution in [0.3, 0.4) is 0 Å². The Kier molecular flexibility index (Phi) is 4.39. The van der Waals surface area contributed by atoms with Gasteiger partial charge in [0, 0.05) is 11.6 Å². The van der Waals surface area contributed by atoms with E-state index in [1.165, 1.54) is 30.4 Å². The number of benzene rings is 1. The van der Waals surface area contributed by atoms with Gasteiger partial charge in [0.25, 0.3) is 0 Å². The summed E-state index contributed by atoms with van der Waals surface area (Å²) in [6.07, 6.45) is 5.22. The number of aromatic nitrogens is 3. The van der Waals surface area contributed by atoms with Crippen LogP contribution >= 0.6 is 0 Å². The second-order valence-electron chi connectivity index (χ2n) is 7.71. The first-order chi connectivity index (χ1) is 12.5. The SMILES string of the molecule is Cc1ccc(-c2noc3c(NC(C)CCC4CC4)nc(C)nc23)c(C)c1. The Hall–Kier alpha value is -2.43. The molecule has 5 nitrogen and oxygen atoms in total. The molecule has 0 aliphatic heterocycles. The lowest BCUT2D eigenvalue weighted by atomic mass is 10.0. The Bertz CT molecular complexity index is 943. The third-order valence-corrected chi connectivity index (χ3v) is 5.15. The summed E-state index contributed by atoms with van der Waals surface area (Å²) in [4.78, 5) is 9.19.